The van der Waals surface area contributed by atoms with Crippen molar-refractivity contribution in [3.63, 3.8) is 0 Å². The summed E-state index contributed by atoms with van der Waals surface area (Å²) >= 11 is 2.80. The van der Waals surface area contributed by atoms with E-state index in [2.05, 4.69) is 5.32 Å². The Balaban J connectivity index is 1.57. The molecule has 0 radical (unpaired) electrons. The van der Waals surface area contributed by atoms with Crippen LogP contribution < -0.4 is 15.6 Å². The van der Waals surface area contributed by atoms with E-state index in [4.69, 9.17) is 9.72 Å². The van der Waals surface area contributed by atoms with Crippen molar-refractivity contribution in [3.8, 4) is 11.4 Å². The summed E-state index contributed by atoms with van der Waals surface area (Å²) in [6.45, 7) is 0.469. The van der Waals surface area contributed by atoms with Gasteiger partial charge in [-0.2, -0.15) is 0 Å². The average molecular weight is 440 g/mol. The van der Waals surface area contributed by atoms with Crippen LogP contribution in [0.3, 0.4) is 0 Å². The summed E-state index contributed by atoms with van der Waals surface area (Å²) in [5, 5.41) is 3.43. The number of thioether (sulfide) groups is 2. The molecule has 1 aliphatic heterocycles. The molecule has 6 nitrogen and oxygen atoms in total. The molecule has 0 atom stereocenters. The Bertz CT molecular complexity index is 1120. The number of amides is 1. The van der Waals surface area contributed by atoms with Gasteiger partial charge in [-0.1, -0.05) is 48.2 Å². The highest BCUT2D eigenvalue weighted by Gasteiger charge is 2.23. The molecule has 0 spiro atoms. The molecule has 8 heteroatoms. The number of nitrogens with one attached hydrogen (secondary N) is 1. The van der Waals surface area contributed by atoms with Crippen LogP contribution in [0.25, 0.3) is 5.69 Å². The third kappa shape index (κ3) is 4.55. The lowest BCUT2D eigenvalue weighted by Gasteiger charge is -2.14. The molecular weight excluding hydrogens is 418 g/mol. The highest BCUT2D eigenvalue weighted by molar-refractivity contribution is 8.00. The topological polar surface area (TPSA) is 73.2 Å². The molecule has 2 heterocycles. The lowest BCUT2D eigenvalue weighted by Crippen LogP contribution is -2.27. The van der Waals surface area contributed by atoms with Crippen LogP contribution in [0.1, 0.15) is 11.3 Å². The number of aryl methyl sites for hydroxylation is 1. The summed E-state index contributed by atoms with van der Waals surface area (Å²) in [5.74, 6) is 1.57. The van der Waals surface area contributed by atoms with Crippen LogP contribution in [-0.2, 0) is 17.8 Å². The monoisotopic (exact) mass is 439 g/mol. The van der Waals surface area contributed by atoms with E-state index in [1.54, 1.807) is 17.7 Å². The van der Waals surface area contributed by atoms with Crippen molar-refractivity contribution < 1.29 is 9.53 Å². The minimum Gasteiger partial charge on any atom is -0.497 e. The zero-order valence-corrected chi connectivity index (χ0v) is 18.1. The molecule has 1 amide bonds. The molecule has 1 aliphatic rings. The number of aromatic nitrogens is 2. The molecule has 0 aliphatic carbocycles. The third-order valence-electron chi connectivity index (χ3n) is 4.64. The van der Waals surface area contributed by atoms with Gasteiger partial charge in [0.05, 0.1) is 29.1 Å². The zero-order valence-electron chi connectivity index (χ0n) is 16.5. The molecule has 4 rings (SSSR count). The van der Waals surface area contributed by atoms with E-state index in [-0.39, 0.29) is 17.2 Å². The fourth-order valence-corrected chi connectivity index (χ4v) is 5.03. The van der Waals surface area contributed by atoms with Crippen LogP contribution in [-0.4, -0.2) is 34.1 Å². The van der Waals surface area contributed by atoms with E-state index in [9.17, 15) is 9.59 Å². The summed E-state index contributed by atoms with van der Waals surface area (Å²) in [7, 11) is 1.59. The Hall–Kier alpha value is -2.71. The SMILES string of the molecule is COc1cccc(-n2c(SCC(=O)NCc3ccccc3)nc3c(c2=O)SCC3)c1. The van der Waals surface area contributed by atoms with Crippen molar-refractivity contribution in [2.45, 2.75) is 23.0 Å². The molecule has 2 aromatic carbocycles. The fourth-order valence-electron chi connectivity index (χ4n) is 3.14. The van der Waals surface area contributed by atoms with E-state index in [1.807, 2.05) is 48.5 Å². The first-order chi connectivity index (χ1) is 14.7. The van der Waals surface area contributed by atoms with Gasteiger partial charge in [-0.25, -0.2) is 4.98 Å². The van der Waals surface area contributed by atoms with Gasteiger partial charge in [0.15, 0.2) is 5.16 Å². The second-order valence-corrected chi connectivity index (χ2v) is 8.71. The maximum atomic E-state index is 13.2. The van der Waals surface area contributed by atoms with Crippen molar-refractivity contribution in [1.29, 1.82) is 0 Å². The highest BCUT2D eigenvalue weighted by Crippen LogP contribution is 2.30. The number of benzene rings is 2. The van der Waals surface area contributed by atoms with Crippen molar-refractivity contribution >= 4 is 29.4 Å². The van der Waals surface area contributed by atoms with Crippen molar-refractivity contribution in [2.75, 3.05) is 18.6 Å². The molecule has 154 valence electrons. The van der Waals surface area contributed by atoms with Crippen LogP contribution >= 0.6 is 23.5 Å². The standard InChI is InChI=1S/C22H21N3O3S2/c1-28-17-9-5-8-16(12-17)25-21(27)20-18(10-11-29-20)24-22(25)30-14-19(26)23-13-15-6-3-2-4-7-15/h2-9,12H,10-11,13-14H2,1H3,(H,23,26). The summed E-state index contributed by atoms with van der Waals surface area (Å²) in [4.78, 5) is 31.0. The molecular formula is C22H21N3O3S2. The second kappa shape index (κ2) is 9.40. The zero-order chi connectivity index (χ0) is 20.9. The predicted octanol–water partition coefficient (Wildman–Crippen LogP) is 3.30. The number of hydrogen-bond acceptors (Lipinski definition) is 6. The van der Waals surface area contributed by atoms with Gasteiger partial charge in [-0.3, -0.25) is 14.2 Å². The summed E-state index contributed by atoms with van der Waals surface area (Å²) in [6, 6.07) is 17.1. The number of nitrogens with zero attached hydrogens (tertiary/aromatic N) is 2. The normalized spacial score (nSPS) is 12.4. The minimum atomic E-state index is -0.106. The summed E-state index contributed by atoms with van der Waals surface area (Å²) in [5.41, 5.74) is 2.44. The average Bonchev–Trinajstić information content (AvgIpc) is 3.26. The maximum Gasteiger partial charge on any atom is 0.272 e. The number of rotatable bonds is 7. The number of carbonyl (C=O) groups is 1. The van der Waals surface area contributed by atoms with Crippen LogP contribution in [0.15, 0.2) is 69.4 Å². The highest BCUT2D eigenvalue weighted by atomic mass is 32.2. The van der Waals surface area contributed by atoms with E-state index < -0.39 is 0 Å². The van der Waals surface area contributed by atoms with Gasteiger partial charge in [0, 0.05) is 24.8 Å². The smallest absolute Gasteiger partial charge is 0.272 e. The quantitative estimate of drug-likeness (QED) is 0.450. The number of fused-ring (bicyclic) bond motifs is 1. The lowest BCUT2D eigenvalue weighted by atomic mass is 10.2. The molecule has 0 fully saturated rings. The van der Waals surface area contributed by atoms with Crippen molar-refractivity contribution in [2.24, 2.45) is 0 Å². The Morgan fingerprint density at radius 2 is 2.07 bits per heavy atom. The van der Waals surface area contributed by atoms with Gasteiger partial charge >= 0.3 is 0 Å². The minimum absolute atomic E-state index is 0.0945. The van der Waals surface area contributed by atoms with E-state index in [0.717, 1.165) is 23.4 Å². The van der Waals surface area contributed by atoms with Crippen molar-refractivity contribution in [1.82, 2.24) is 14.9 Å². The molecule has 1 N–H and O–H groups in total. The first-order valence-corrected chi connectivity index (χ1v) is 11.5. The third-order valence-corrected chi connectivity index (χ3v) is 6.69. The number of hydrogen-bond donors (Lipinski definition) is 1. The van der Waals surface area contributed by atoms with Gasteiger partial charge in [0.1, 0.15) is 5.75 Å². The van der Waals surface area contributed by atoms with Gasteiger partial charge < -0.3 is 10.1 Å². The maximum absolute atomic E-state index is 13.2. The van der Waals surface area contributed by atoms with Crippen LogP contribution in [0.2, 0.25) is 0 Å². The predicted molar refractivity (Wildman–Crippen MR) is 120 cm³/mol. The molecule has 0 saturated heterocycles. The Labute approximate surface area is 183 Å². The molecule has 30 heavy (non-hydrogen) atoms. The number of carbonyl (C=O) groups excluding carboxylic acids is 1. The number of methoxy groups -OCH3 is 1. The van der Waals surface area contributed by atoms with Crippen molar-refractivity contribution in [3.05, 3.63) is 76.2 Å². The van der Waals surface area contributed by atoms with E-state index in [1.165, 1.54) is 23.5 Å². The van der Waals surface area contributed by atoms with Gasteiger partial charge in [-0.05, 0) is 17.7 Å². The summed E-state index contributed by atoms with van der Waals surface area (Å²) < 4.78 is 6.89. The van der Waals surface area contributed by atoms with Gasteiger partial charge in [0.25, 0.3) is 5.56 Å². The summed E-state index contributed by atoms with van der Waals surface area (Å²) in [6.07, 6.45) is 0.766. The molecule has 0 saturated carbocycles. The fraction of sp³-hybridized carbons (Fsp3) is 0.227. The largest absolute Gasteiger partial charge is 0.497 e. The van der Waals surface area contributed by atoms with Gasteiger partial charge in [-0.15, -0.1) is 11.8 Å². The Morgan fingerprint density at radius 1 is 1.23 bits per heavy atom. The molecule has 0 unspecified atom stereocenters. The Kier molecular flexibility index (Phi) is 6.44. The van der Waals surface area contributed by atoms with Crippen LogP contribution in [0, 0.1) is 0 Å². The lowest BCUT2D eigenvalue weighted by molar-refractivity contribution is -0.118. The molecule has 0 bridgehead atoms. The van der Waals surface area contributed by atoms with E-state index in [0.29, 0.717) is 28.0 Å². The molecule has 1 aromatic heterocycles. The second-order valence-electron chi connectivity index (χ2n) is 6.66. The first-order valence-electron chi connectivity index (χ1n) is 9.52. The van der Waals surface area contributed by atoms with Crippen LogP contribution in [0.5, 0.6) is 5.75 Å². The van der Waals surface area contributed by atoms with E-state index >= 15 is 0 Å². The molecule has 3 aromatic rings. The first kappa shape index (κ1) is 20.6. The van der Waals surface area contributed by atoms with Crippen LogP contribution in [0.4, 0.5) is 0 Å². The van der Waals surface area contributed by atoms with Gasteiger partial charge in [0.2, 0.25) is 5.91 Å². The number of ether oxygens (including phenoxy) is 1. The Morgan fingerprint density at radius 3 is 2.87 bits per heavy atom.